The Morgan fingerprint density at radius 1 is 1.28 bits per heavy atom. The summed E-state index contributed by atoms with van der Waals surface area (Å²) in [7, 11) is 1.01. The molecule has 0 saturated heterocycles. The van der Waals surface area contributed by atoms with Crippen molar-refractivity contribution in [2.24, 2.45) is 0 Å². The fourth-order valence-corrected chi connectivity index (χ4v) is 3.95. The number of hydrogen-bond donors (Lipinski definition) is 2. The Labute approximate surface area is 184 Å². The molecule has 0 aliphatic carbocycles. The predicted octanol–water partition coefficient (Wildman–Crippen LogP) is 2.65. The largest absolute Gasteiger partial charge is 0.497 e. The SMILES string of the molecule is CCC(Nc1c(OS(C)(=O)=O)cc([N+](=O)[O-])c2[nH]c3ccc(OC)cc3c(=O)c12)N(C)C. The molecule has 2 N–H and O–H groups in total. The Kier molecular flexibility index (Phi) is 6.28. The van der Waals surface area contributed by atoms with E-state index in [1.54, 1.807) is 26.2 Å². The van der Waals surface area contributed by atoms with Gasteiger partial charge in [0.1, 0.15) is 11.3 Å². The van der Waals surface area contributed by atoms with Crippen LogP contribution in [0.3, 0.4) is 0 Å². The molecule has 3 rings (SSSR count). The maximum absolute atomic E-state index is 13.6. The Balaban J connectivity index is 2.52. The van der Waals surface area contributed by atoms with Crippen LogP contribution in [-0.4, -0.2) is 56.9 Å². The topological polar surface area (TPSA) is 144 Å². The minimum absolute atomic E-state index is 0.0440. The van der Waals surface area contributed by atoms with E-state index in [2.05, 4.69) is 10.3 Å². The summed E-state index contributed by atoms with van der Waals surface area (Å²) in [5, 5.41) is 15.1. The third kappa shape index (κ3) is 4.46. The first-order chi connectivity index (χ1) is 15.0. The maximum atomic E-state index is 13.6. The van der Waals surface area contributed by atoms with Crippen molar-refractivity contribution in [1.82, 2.24) is 9.88 Å². The predicted molar refractivity (Wildman–Crippen MR) is 122 cm³/mol. The van der Waals surface area contributed by atoms with Crippen LogP contribution in [0, 0.1) is 10.1 Å². The molecule has 2 aromatic carbocycles. The fraction of sp³-hybridized carbons (Fsp3) is 0.350. The molecule has 11 nitrogen and oxygen atoms in total. The van der Waals surface area contributed by atoms with E-state index in [1.165, 1.54) is 13.2 Å². The number of benzene rings is 2. The summed E-state index contributed by atoms with van der Waals surface area (Å²) in [4.78, 5) is 29.4. The van der Waals surface area contributed by atoms with E-state index >= 15 is 0 Å². The van der Waals surface area contributed by atoms with Crippen molar-refractivity contribution >= 4 is 43.3 Å². The quantitative estimate of drug-likeness (QED) is 0.169. The van der Waals surface area contributed by atoms with E-state index in [0.29, 0.717) is 17.7 Å². The summed E-state index contributed by atoms with van der Waals surface area (Å²) in [5.41, 5.74) is -0.659. The number of H-pyrrole nitrogens is 1. The van der Waals surface area contributed by atoms with E-state index in [1.807, 2.05) is 11.8 Å². The highest BCUT2D eigenvalue weighted by Crippen LogP contribution is 2.39. The average Bonchev–Trinajstić information content (AvgIpc) is 2.71. The third-order valence-corrected chi connectivity index (χ3v) is 5.47. The maximum Gasteiger partial charge on any atom is 0.306 e. The smallest absolute Gasteiger partial charge is 0.306 e. The molecular formula is C20H24N4O7S. The molecule has 0 bridgehead atoms. The lowest BCUT2D eigenvalue weighted by Gasteiger charge is -2.26. The lowest BCUT2D eigenvalue weighted by molar-refractivity contribution is -0.383. The second kappa shape index (κ2) is 8.63. The zero-order chi connectivity index (χ0) is 23.8. The number of nitro benzene ring substituents is 1. The molecule has 0 aliphatic heterocycles. The second-order valence-electron chi connectivity index (χ2n) is 7.46. The first kappa shape index (κ1) is 23.3. The first-order valence-electron chi connectivity index (χ1n) is 9.64. The highest BCUT2D eigenvalue weighted by atomic mass is 32.2. The molecule has 0 aliphatic rings. The molecule has 0 spiro atoms. The number of nitrogens with one attached hydrogen (secondary N) is 2. The van der Waals surface area contributed by atoms with Gasteiger partial charge in [0.05, 0.1) is 47.1 Å². The van der Waals surface area contributed by atoms with Crippen molar-refractivity contribution in [2.45, 2.75) is 19.5 Å². The molecule has 3 aromatic rings. The van der Waals surface area contributed by atoms with Gasteiger partial charge in [0.15, 0.2) is 11.2 Å². The lowest BCUT2D eigenvalue weighted by Crippen LogP contribution is -2.35. The summed E-state index contributed by atoms with van der Waals surface area (Å²) in [5.74, 6) is 0.0920. The molecule has 0 radical (unpaired) electrons. The molecule has 0 amide bonds. The number of pyridine rings is 1. The second-order valence-corrected chi connectivity index (χ2v) is 9.04. The van der Waals surface area contributed by atoms with Gasteiger partial charge in [0, 0.05) is 5.39 Å². The summed E-state index contributed by atoms with van der Waals surface area (Å²) >= 11 is 0. The third-order valence-electron chi connectivity index (χ3n) is 4.99. The van der Waals surface area contributed by atoms with Gasteiger partial charge in [-0.15, -0.1) is 0 Å². The van der Waals surface area contributed by atoms with E-state index in [9.17, 15) is 23.3 Å². The Morgan fingerprint density at radius 2 is 1.97 bits per heavy atom. The van der Waals surface area contributed by atoms with E-state index < -0.39 is 26.2 Å². The van der Waals surface area contributed by atoms with Gasteiger partial charge in [0.2, 0.25) is 0 Å². The number of nitro groups is 1. The van der Waals surface area contributed by atoms with Gasteiger partial charge in [-0.1, -0.05) is 6.92 Å². The number of methoxy groups -OCH3 is 1. The van der Waals surface area contributed by atoms with E-state index in [4.69, 9.17) is 8.92 Å². The number of anilines is 1. The highest BCUT2D eigenvalue weighted by Gasteiger charge is 2.27. The van der Waals surface area contributed by atoms with Crippen LogP contribution in [0.2, 0.25) is 0 Å². The Morgan fingerprint density at radius 3 is 2.50 bits per heavy atom. The summed E-state index contributed by atoms with van der Waals surface area (Å²) in [6, 6.07) is 5.72. The van der Waals surface area contributed by atoms with Crippen LogP contribution in [0.15, 0.2) is 29.1 Å². The lowest BCUT2D eigenvalue weighted by atomic mass is 10.1. The van der Waals surface area contributed by atoms with Crippen LogP contribution < -0.4 is 19.7 Å². The number of hydrogen-bond acceptors (Lipinski definition) is 9. The number of aromatic nitrogens is 1. The van der Waals surface area contributed by atoms with Crippen molar-refractivity contribution in [1.29, 1.82) is 0 Å². The molecule has 172 valence electrons. The van der Waals surface area contributed by atoms with Crippen LogP contribution >= 0.6 is 0 Å². The Bertz CT molecular complexity index is 1370. The zero-order valence-electron chi connectivity index (χ0n) is 18.3. The zero-order valence-corrected chi connectivity index (χ0v) is 19.1. The van der Waals surface area contributed by atoms with Crippen LogP contribution in [0.25, 0.3) is 21.8 Å². The molecular weight excluding hydrogens is 440 g/mol. The van der Waals surface area contributed by atoms with Crippen molar-refractivity contribution in [3.05, 3.63) is 44.6 Å². The van der Waals surface area contributed by atoms with Crippen molar-refractivity contribution in [3.8, 4) is 11.5 Å². The minimum atomic E-state index is -4.05. The van der Waals surface area contributed by atoms with Crippen molar-refractivity contribution in [2.75, 3.05) is 32.8 Å². The van der Waals surface area contributed by atoms with Gasteiger partial charge >= 0.3 is 10.1 Å². The standard InChI is InChI=1S/C20H24N4O7S/c1-6-16(23(2)3)22-19-15(31-32(5,28)29)10-14(24(26)27)18-17(19)20(25)12-9-11(30-4)7-8-13(12)21-18/h7-10,16,22H,6H2,1-5H3,(H,21,25). The summed E-state index contributed by atoms with van der Waals surface area (Å²) in [6.07, 6.45) is 1.09. The molecule has 1 heterocycles. The highest BCUT2D eigenvalue weighted by molar-refractivity contribution is 7.86. The van der Waals surface area contributed by atoms with Gasteiger partial charge in [-0.3, -0.25) is 19.8 Å². The number of ether oxygens (including phenoxy) is 1. The van der Waals surface area contributed by atoms with Crippen molar-refractivity contribution < 1.29 is 22.3 Å². The Hall–Kier alpha value is -3.38. The number of rotatable bonds is 8. The molecule has 0 saturated carbocycles. The van der Waals surface area contributed by atoms with Crippen LogP contribution in [-0.2, 0) is 10.1 Å². The summed E-state index contributed by atoms with van der Waals surface area (Å²) in [6.45, 7) is 1.90. The van der Waals surface area contributed by atoms with Gasteiger partial charge in [-0.25, -0.2) is 0 Å². The molecule has 32 heavy (non-hydrogen) atoms. The molecule has 12 heteroatoms. The van der Waals surface area contributed by atoms with E-state index in [-0.39, 0.29) is 33.9 Å². The van der Waals surface area contributed by atoms with Crippen LogP contribution in [0.4, 0.5) is 11.4 Å². The minimum Gasteiger partial charge on any atom is -0.497 e. The van der Waals surface area contributed by atoms with Crippen LogP contribution in [0.1, 0.15) is 13.3 Å². The van der Waals surface area contributed by atoms with E-state index in [0.717, 1.165) is 12.3 Å². The monoisotopic (exact) mass is 464 g/mol. The molecule has 0 fully saturated rings. The van der Waals surface area contributed by atoms with Crippen molar-refractivity contribution in [3.63, 3.8) is 0 Å². The molecule has 1 aromatic heterocycles. The number of non-ortho nitro benzene ring substituents is 1. The molecule has 1 unspecified atom stereocenters. The van der Waals surface area contributed by atoms with Gasteiger partial charge < -0.3 is 19.2 Å². The number of nitrogens with zero attached hydrogens (tertiary/aromatic N) is 2. The van der Waals surface area contributed by atoms with Gasteiger partial charge in [-0.2, -0.15) is 8.42 Å². The summed E-state index contributed by atoms with van der Waals surface area (Å²) < 4.78 is 34.1. The van der Waals surface area contributed by atoms with Gasteiger partial charge in [0.25, 0.3) is 5.69 Å². The number of aromatic amines is 1. The normalized spacial score (nSPS) is 12.8. The first-order valence-corrected chi connectivity index (χ1v) is 11.5. The molecule has 1 atom stereocenters. The van der Waals surface area contributed by atoms with Crippen LogP contribution in [0.5, 0.6) is 11.5 Å². The number of fused-ring (bicyclic) bond motifs is 2. The van der Waals surface area contributed by atoms with Gasteiger partial charge in [-0.05, 0) is 38.7 Å². The average molecular weight is 465 g/mol. The fourth-order valence-electron chi connectivity index (χ4n) is 3.49.